The lowest BCUT2D eigenvalue weighted by atomic mass is 10.0. The highest BCUT2D eigenvalue weighted by Crippen LogP contribution is 2.29. The van der Waals surface area contributed by atoms with Gasteiger partial charge in [0.05, 0.1) is 0 Å². The molecule has 3 heteroatoms. The molecule has 2 aromatic carbocycles. The number of benzene rings is 2. The Morgan fingerprint density at radius 1 is 1.05 bits per heavy atom. The molecule has 112 valence electrons. The van der Waals surface area contributed by atoms with E-state index in [0.29, 0.717) is 5.56 Å². The molecule has 0 saturated carbocycles. The number of fused-ring (bicyclic) bond motifs is 3. The van der Waals surface area contributed by atoms with Crippen LogP contribution in [0.2, 0.25) is 0 Å². The van der Waals surface area contributed by atoms with Crippen molar-refractivity contribution < 1.29 is 4.39 Å². The number of nitrogens with one attached hydrogen (secondary N) is 1. The third-order valence-electron chi connectivity index (χ3n) is 4.49. The Morgan fingerprint density at radius 3 is 2.86 bits per heavy atom. The lowest BCUT2D eigenvalue weighted by Crippen LogP contribution is -2.17. The summed E-state index contributed by atoms with van der Waals surface area (Å²) in [4.78, 5) is 0. The Bertz CT molecular complexity index is 848. The van der Waals surface area contributed by atoms with Crippen LogP contribution in [0.25, 0.3) is 22.0 Å². The predicted octanol–water partition coefficient (Wildman–Crippen LogP) is 3.90. The predicted molar refractivity (Wildman–Crippen MR) is 88.6 cm³/mol. The van der Waals surface area contributed by atoms with Gasteiger partial charge in [-0.05, 0) is 42.8 Å². The monoisotopic (exact) mass is 294 g/mol. The molecule has 0 atom stereocenters. The molecule has 1 N–H and O–H groups in total. The van der Waals surface area contributed by atoms with Gasteiger partial charge in [-0.25, -0.2) is 4.39 Å². The van der Waals surface area contributed by atoms with E-state index < -0.39 is 0 Å². The fourth-order valence-corrected chi connectivity index (χ4v) is 3.36. The highest BCUT2D eigenvalue weighted by molar-refractivity contribution is 5.86. The fourth-order valence-electron chi connectivity index (χ4n) is 3.36. The quantitative estimate of drug-likeness (QED) is 0.720. The zero-order chi connectivity index (χ0) is 15.1. The summed E-state index contributed by atoms with van der Waals surface area (Å²) >= 11 is 0. The van der Waals surface area contributed by atoms with Crippen LogP contribution in [0, 0.1) is 12.7 Å². The molecule has 0 radical (unpaired) electrons. The number of aromatic nitrogens is 1. The number of rotatable bonds is 1. The minimum absolute atomic E-state index is 0.157. The van der Waals surface area contributed by atoms with Crippen molar-refractivity contribution in [1.29, 1.82) is 0 Å². The molecule has 0 aliphatic carbocycles. The van der Waals surface area contributed by atoms with Crippen molar-refractivity contribution in [3.8, 4) is 11.1 Å². The largest absolute Gasteiger partial charge is 0.343 e. The minimum atomic E-state index is -0.157. The molecule has 0 fully saturated rings. The van der Waals surface area contributed by atoms with Gasteiger partial charge < -0.3 is 9.88 Å². The third-order valence-corrected chi connectivity index (χ3v) is 4.49. The average Bonchev–Trinajstić information content (AvgIpc) is 2.70. The van der Waals surface area contributed by atoms with Crippen molar-refractivity contribution in [2.75, 3.05) is 13.1 Å². The van der Waals surface area contributed by atoms with Gasteiger partial charge in [-0.15, -0.1) is 0 Å². The van der Waals surface area contributed by atoms with Gasteiger partial charge in [0.15, 0.2) is 0 Å². The molecule has 3 aromatic rings. The zero-order valence-electron chi connectivity index (χ0n) is 12.7. The van der Waals surface area contributed by atoms with Crippen LogP contribution in [0.15, 0.2) is 42.5 Å². The van der Waals surface area contributed by atoms with E-state index in [0.717, 1.165) is 37.2 Å². The zero-order valence-corrected chi connectivity index (χ0v) is 12.7. The van der Waals surface area contributed by atoms with Gasteiger partial charge in [0, 0.05) is 48.2 Å². The number of hydrogen-bond acceptors (Lipinski definition) is 1. The van der Waals surface area contributed by atoms with E-state index in [-0.39, 0.29) is 5.82 Å². The first kappa shape index (κ1) is 13.5. The van der Waals surface area contributed by atoms with E-state index in [2.05, 4.69) is 28.1 Å². The maximum atomic E-state index is 14.1. The third kappa shape index (κ3) is 2.22. The molecule has 2 nitrogen and oxygen atoms in total. The van der Waals surface area contributed by atoms with Gasteiger partial charge in [-0.3, -0.25) is 0 Å². The molecular weight excluding hydrogens is 275 g/mol. The van der Waals surface area contributed by atoms with Crippen molar-refractivity contribution in [2.24, 2.45) is 0 Å². The molecule has 1 aliphatic heterocycles. The first-order valence-electron chi connectivity index (χ1n) is 7.82. The topological polar surface area (TPSA) is 17.0 Å². The van der Waals surface area contributed by atoms with Crippen LogP contribution >= 0.6 is 0 Å². The second kappa shape index (κ2) is 5.25. The summed E-state index contributed by atoms with van der Waals surface area (Å²) in [6, 6.07) is 13.8. The molecular formula is C19H19FN2. The molecule has 4 rings (SSSR count). The van der Waals surface area contributed by atoms with Crippen LogP contribution in [0.5, 0.6) is 0 Å². The second-order valence-corrected chi connectivity index (χ2v) is 6.04. The number of aryl methyl sites for hydroxylation is 1. The smallest absolute Gasteiger partial charge is 0.131 e. The van der Waals surface area contributed by atoms with Gasteiger partial charge in [0.2, 0.25) is 0 Å². The van der Waals surface area contributed by atoms with Crippen molar-refractivity contribution in [3.63, 3.8) is 0 Å². The maximum Gasteiger partial charge on any atom is 0.131 e. The first-order chi connectivity index (χ1) is 10.7. The molecule has 2 heterocycles. The molecule has 1 aliphatic rings. The maximum absolute atomic E-state index is 14.1. The molecule has 0 unspecified atom stereocenters. The highest BCUT2D eigenvalue weighted by atomic mass is 19.1. The lowest BCUT2D eigenvalue weighted by molar-refractivity contribution is 0.631. The number of hydrogen-bond donors (Lipinski definition) is 1. The fraction of sp³-hybridized carbons (Fsp3) is 0.263. The highest BCUT2D eigenvalue weighted by Gasteiger charge is 2.13. The molecule has 0 saturated heterocycles. The van der Waals surface area contributed by atoms with Crippen LogP contribution in [-0.4, -0.2) is 17.7 Å². The SMILES string of the molecule is Cc1ccc(F)c(-c2ccc3c(c2)cc2n3CCNCC2)c1. The number of halogens is 1. The lowest BCUT2D eigenvalue weighted by Gasteiger charge is -2.08. The van der Waals surface area contributed by atoms with Crippen molar-refractivity contribution >= 4 is 10.9 Å². The molecule has 0 spiro atoms. The number of nitrogens with zero attached hydrogens (tertiary/aromatic N) is 1. The molecule has 22 heavy (non-hydrogen) atoms. The van der Waals surface area contributed by atoms with Crippen molar-refractivity contribution in [3.05, 3.63) is 59.5 Å². The Labute approximate surface area is 129 Å². The van der Waals surface area contributed by atoms with E-state index in [1.54, 1.807) is 6.07 Å². The van der Waals surface area contributed by atoms with E-state index in [4.69, 9.17) is 0 Å². The van der Waals surface area contributed by atoms with Crippen LogP contribution in [0.3, 0.4) is 0 Å². The summed E-state index contributed by atoms with van der Waals surface area (Å²) < 4.78 is 16.5. The van der Waals surface area contributed by atoms with Gasteiger partial charge in [-0.1, -0.05) is 17.7 Å². The van der Waals surface area contributed by atoms with Gasteiger partial charge in [-0.2, -0.15) is 0 Å². The van der Waals surface area contributed by atoms with E-state index in [9.17, 15) is 4.39 Å². The second-order valence-electron chi connectivity index (χ2n) is 6.04. The average molecular weight is 294 g/mol. The Morgan fingerprint density at radius 2 is 1.95 bits per heavy atom. The summed E-state index contributed by atoms with van der Waals surface area (Å²) in [5, 5.41) is 4.63. The van der Waals surface area contributed by atoms with Crippen molar-refractivity contribution in [2.45, 2.75) is 19.9 Å². The summed E-state index contributed by atoms with van der Waals surface area (Å²) in [7, 11) is 0. The standard InChI is InChI=1S/C19H19FN2/c1-13-2-4-18(20)17(10-13)14-3-5-19-15(11-14)12-16-6-7-21-8-9-22(16)19/h2-5,10-12,21H,6-9H2,1H3. The molecule has 0 bridgehead atoms. The minimum Gasteiger partial charge on any atom is -0.343 e. The normalized spacial score (nSPS) is 14.8. The van der Waals surface area contributed by atoms with E-state index in [1.807, 2.05) is 25.1 Å². The van der Waals surface area contributed by atoms with Gasteiger partial charge in [0.1, 0.15) is 5.82 Å². The van der Waals surface area contributed by atoms with Crippen LogP contribution in [0.4, 0.5) is 4.39 Å². The molecule has 1 aromatic heterocycles. The summed E-state index contributed by atoms with van der Waals surface area (Å²) in [5.74, 6) is -0.157. The van der Waals surface area contributed by atoms with Gasteiger partial charge >= 0.3 is 0 Å². The van der Waals surface area contributed by atoms with E-state index >= 15 is 0 Å². The first-order valence-corrected chi connectivity index (χ1v) is 7.82. The Kier molecular flexibility index (Phi) is 3.23. The van der Waals surface area contributed by atoms with Gasteiger partial charge in [0.25, 0.3) is 0 Å². The summed E-state index contributed by atoms with van der Waals surface area (Å²) in [5.41, 5.74) is 5.32. The molecule has 0 amide bonds. The van der Waals surface area contributed by atoms with Crippen LogP contribution in [0.1, 0.15) is 11.3 Å². The Hall–Kier alpha value is -2.13. The van der Waals surface area contributed by atoms with E-state index in [1.165, 1.54) is 16.6 Å². The van der Waals surface area contributed by atoms with Crippen LogP contribution < -0.4 is 5.32 Å². The summed E-state index contributed by atoms with van der Waals surface area (Å²) in [6.07, 6.45) is 1.04. The van der Waals surface area contributed by atoms with Crippen LogP contribution in [-0.2, 0) is 13.0 Å². The van der Waals surface area contributed by atoms with Crippen molar-refractivity contribution in [1.82, 2.24) is 9.88 Å². The Balaban J connectivity index is 1.86. The summed E-state index contributed by atoms with van der Waals surface area (Å²) in [6.45, 7) is 5.02.